The van der Waals surface area contributed by atoms with Crippen molar-refractivity contribution < 1.29 is 5.11 Å². The molecular formula is C13H15Br2NOS. The van der Waals surface area contributed by atoms with Crippen LogP contribution < -0.4 is 0 Å². The Bertz CT molecular complexity index is 462. The van der Waals surface area contributed by atoms with Gasteiger partial charge >= 0.3 is 0 Å². The molecule has 3 unspecified atom stereocenters. The summed E-state index contributed by atoms with van der Waals surface area (Å²) in [6, 6.07) is 4.31. The molecule has 2 rings (SSSR count). The topological polar surface area (TPSA) is 44.0 Å². The van der Waals surface area contributed by atoms with Crippen LogP contribution in [0.5, 0.6) is 0 Å². The van der Waals surface area contributed by atoms with Crippen molar-refractivity contribution in [2.75, 3.05) is 0 Å². The maximum atomic E-state index is 10.6. The Hall–Kier alpha value is 0.110. The van der Waals surface area contributed by atoms with E-state index in [9.17, 15) is 10.4 Å². The highest BCUT2D eigenvalue weighted by atomic mass is 79.9. The fraction of sp³-hybridized carbons (Fsp3) is 0.615. The fourth-order valence-electron chi connectivity index (χ4n) is 2.71. The first-order chi connectivity index (χ1) is 8.52. The third kappa shape index (κ3) is 2.53. The van der Waals surface area contributed by atoms with E-state index in [1.165, 1.54) is 11.3 Å². The molecule has 2 nitrogen and oxygen atoms in total. The molecule has 0 saturated heterocycles. The van der Waals surface area contributed by atoms with Gasteiger partial charge in [0.1, 0.15) is 6.10 Å². The molecule has 0 spiro atoms. The molecule has 0 radical (unpaired) electrons. The highest BCUT2D eigenvalue weighted by Gasteiger charge is 2.45. The van der Waals surface area contributed by atoms with Crippen molar-refractivity contribution in [2.24, 2.45) is 11.3 Å². The first kappa shape index (κ1) is 14.5. The number of nitrogens with zero attached hydrogens (tertiary/aromatic N) is 1. The number of aliphatic hydroxyl groups is 1. The van der Waals surface area contributed by atoms with E-state index in [1.807, 2.05) is 6.07 Å². The van der Waals surface area contributed by atoms with Crippen LogP contribution in [0.1, 0.15) is 43.6 Å². The van der Waals surface area contributed by atoms with Gasteiger partial charge in [0.05, 0.1) is 15.3 Å². The lowest BCUT2D eigenvalue weighted by Crippen LogP contribution is -2.24. The average molecular weight is 393 g/mol. The molecule has 18 heavy (non-hydrogen) atoms. The number of thiophene rings is 1. The van der Waals surface area contributed by atoms with Crippen molar-refractivity contribution in [3.8, 4) is 6.07 Å². The van der Waals surface area contributed by atoms with Crippen LogP contribution in [0, 0.1) is 22.7 Å². The zero-order valence-corrected chi connectivity index (χ0v) is 14.1. The summed E-state index contributed by atoms with van der Waals surface area (Å²) in [5.74, 6) is 0.575. The molecule has 1 aromatic heterocycles. The predicted molar refractivity (Wildman–Crippen MR) is 80.4 cm³/mol. The highest BCUT2D eigenvalue weighted by molar-refractivity contribution is 9.13. The molecule has 1 aliphatic rings. The smallest absolute Gasteiger partial charge is 0.107 e. The summed E-state index contributed by atoms with van der Waals surface area (Å²) in [5, 5.41) is 20.1. The quantitative estimate of drug-likeness (QED) is 0.783. The highest BCUT2D eigenvalue weighted by Crippen LogP contribution is 2.52. The molecule has 1 fully saturated rings. The van der Waals surface area contributed by atoms with E-state index in [0.717, 1.165) is 38.8 Å². The summed E-state index contributed by atoms with van der Waals surface area (Å²) in [7, 11) is 0. The number of nitriles is 1. The van der Waals surface area contributed by atoms with Crippen molar-refractivity contribution in [3.63, 3.8) is 0 Å². The van der Waals surface area contributed by atoms with Gasteiger partial charge in [-0.25, -0.2) is 0 Å². The second-order valence-corrected chi connectivity index (χ2v) is 8.21. The molecule has 98 valence electrons. The molecule has 1 N–H and O–H groups in total. The third-order valence-corrected chi connectivity index (χ3v) is 7.22. The SMILES string of the molecule is CCC1CCC(C#N)(C(O)c2cc(Br)c(Br)s2)C1. The Morgan fingerprint density at radius 1 is 1.67 bits per heavy atom. The Labute approximate surface area is 128 Å². The molecule has 1 aromatic rings. The number of aliphatic hydroxyl groups excluding tert-OH is 1. The largest absolute Gasteiger partial charge is 0.386 e. The normalized spacial score (nSPS) is 29.2. The van der Waals surface area contributed by atoms with Crippen LogP contribution in [-0.2, 0) is 0 Å². The van der Waals surface area contributed by atoms with Crippen LogP contribution in [0.4, 0.5) is 0 Å². The second kappa shape index (κ2) is 5.62. The first-order valence-electron chi connectivity index (χ1n) is 6.06. The predicted octanol–water partition coefficient (Wildman–Crippen LogP) is 5.03. The Morgan fingerprint density at radius 2 is 2.39 bits per heavy atom. The van der Waals surface area contributed by atoms with Crippen LogP contribution in [-0.4, -0.2) is 5.11 Å². The number of hydrogen-bond acceptors (Lipinski definition) is 3. The van der Waals surface area contributed by atoms with Crippen molar-refractivity contribution in [2.45, 2.75) is 38.7 Å². The molecule has 3 atom stereocenters. The number of hydrogen-bond donors (Lipinski definition) is 1. The summed E-state index contributed by atoms with van der Waals surface area (Å²) in [5.41, 5.74) is -0.593. The Balaban J connectivity index is 2.26. The van der Waals surface area contributed by atoms with Gasteiger partial charge in [-0.2, -0.15) is 5.26 Å². The van der Waals surface area contributed by atoms with E-state index < -0.39 is 11.5 Å². The molecule has 0 aliphatic heterocycles. The van der Waals surface area contributed by atoms with Crippen LogP contribution in [0.2, 0.25) is 0 Å². The molecule has 0 amide bonds. The fourth-order valence-corrected chi connectivity index (χ4v) is 4.90. The van der Waals surface area contributed by atoms with E-state index in [4.69, 9.17) is 0 Å². The molecule has 0 bridgehead atoms. The van der Waals surface area contributed by atoms with E-state index in [0.29, 0.717) is 5.92 Å². The number of rotatable bonds is 3. The van der Waals surface area contributed by atoms with Gasteiger partial charge in [0.15, 0.2) is 0 Å². The minimum atomic E-state index is -0.674. The van der Waals surface area contributed by atoms with Gasteiger partial charge < -0.3 is 5.11 Å². The maximum Gasteiger partial charge on any atom is 0.107 e. The molecule has 1 saturated carbocycles. The molecule has 1 heterocycles. The van der Waals surface area contributed by atoms with E-state index in [1.54, 1.807) is 0 Å². The van der Waals surface area contributed by atoms with Gasteiger partial charge in [0, 0.05) is 9.35 Å². The van der Waals surface area contributed by atoms with Crippen LogP contribution in [0.25, 0.3) is 0 Å². The van der Waals surface area contributed by atoms with E-state index in [2.05, 4.69) is 44.9 Å². The molecule has 5 heteroatoms. The standard InChI is InChI=1S/C13H15Br2NOS/c1-2-8-3-4-13(6-8,7-16)11(17)10-5-9(14)12(15)18-10/h5,8,11,17H,2-4,6H2,1H3. The Kier molecular flexibility index (Phi) is 4.53. The van der Waals surface area contributed by atoms with Gasteiger partial charge in [0.25, 0.3) is 0 Å². The summed E-state index contributed by atoms with van der Waals surface area (Å²) in [6.45, 7) is 2.16. The van der Waals surface area contributed by atoms with Crippen LogP contribution >= 0.6 is 43.2 Å². The summed E-state index contributed by atoms with van der Waals surface area (Å²) in [4.78, 5) is 0.868. The van der Waals surface area contributed by atoms with Gasteiger partial charge in [-0.15, -0.1) is 11.3 Å². The zero-order chi connectivity index (χ0) is 13.3. The molecule has 1 aliphatic carbocycles. The van der Waals surface area contributed by atoms with E-state index >= 15 is 0 Å². The van der Waals surface area contributed by atoms with Gasteiger partial charge in [-0.1, -0.05) is 13.3 Å². The number of halogens is 2. The lowest BCUT2D eigenvalue weighted by atomic mass is 9.80. The Morgan fingerprint density at radius 3 is 2.83 bits per heavy atom. The molecule has 0 aromatic carbocycles. The summed E-state index contributed by atoms with van der Waals surface area (Å²) < 4.78 is 1.91. The van der Waals surface area contributed by atoms with Gasteiger partial charge in [-0.05, 0) is 63.1 Å². The lowest BCUT2D eigenvalue weighted by Gasteiger charge is -2.26. The minimum Gasteiger partial charge on any atom is -0.386 e. The summed E-state index contributed by atoms with van der Waals surface area (Å²) >= 11 is 8.36. The maximum absolute atomic E-state index is 10.6. The summed E-state index contributed by atoms with van der Waals surface area (Å²) in [6.07, 6.45) is 3.08. The minimum absolute atomic E-state index is 0.575. The average Bonchev–Trinajstić information content (AvgIpc) is 2.94. The van der Waals surface area contributed by atoms with Crippen LogP contribution in [0.3, 0.4) is 0 Å². The van der Waals surface area contributed by atoms with Crippen molar-refractivity contribution in [1.82, 2.24) is 0 Å². The van der Waals surface area contributed by atoms with Crippen molar-refractivity contribution in [1.29, 1.82) is 5.26 Å². The van der Waals surface area contributed by atoms with Crippen LogP contribution in [0.15, 0.2) is 14.3 Å². The van der Waals surface area contributed by atoms with Crippen molar-refractivity contribution in [3.05, 3.63) is 19.2 Å². The van der Waals surface area contributed by atoms with Crippen molar-refractivity contribution >= 4 is 43.2 Å². The second-order valence-electron chi connectivity index (χ2n) is 4.96. The van der Waals surface area contributed by atoms with Gasteiger partial charge in [-0.3, -0.25) is 0 Å². The van der Waals surface area contributed by atoms with Gasteiger partial charge in [0.2, 0.25) is 0 Å². The lowest BCUT2D eigenvalue weighted by molar-refractivity contribution is 0.0671. The zero-order valence-electron chi connectivity index (χ0n) is 10.1. The molecular weight excluding hydrogens is 378 g/mol. The third-order valence-electron chi connectivity index (χ3n) is 3.91. The first-order valence-corrected chi connectivity index (χ1v) is 8.46. The monoisotopic (exact) mass is 391 g/mol. The van der Waals surface area contributed by atoms with E-state index in [-0.39, 0.29) is 0 Å².